The lowest BCUT2D eigenvalue weighted by Crippen LogP contribution is -2.49. The van der Waals surface area contributed by atoms with E-state index >= 15 is 0 Å². The maximum Gasteiger partial charge on any atom is 0.289 e. The number of carbonyl (C=O) groups excluding carboxylic acids is 3. The summed E-state index contributed by atoms with van der Waals surface area (Å²) < 4.78 is 1.78. The van der Waals surface area contributed by atoms with Crippen LogP contribution >= 0.6 is 0 Å². The van der Waals surface area contributed by atoms with Crippen molar-refractivity contribution >= 4 is 18.1 Å². The van der Waals surface area contributed by atoms with Crippen LogP contribution in [0.15, 0.2) is 42.9 Å². The Kier molecular flexibility index (Phi) is 7.76. The molecule has 7 heteroatoms. The van der Waals surface area contributed by atoms with Gasteiger partial charge >= 0.3 is 0 Å². The van der Waals surface area contributed by atoms with Gasteiger partial charge in [0.2, 0.25) is 12.2 Å². The smallest absolute Gasteiger partial charge is 0.289 e. The van der Waals surface area contributed by atoms with Crippen molar-refractivity contribution in [2.24, 2.45) is 13.0 Å². The number of hydrogen-bond acceptors (Lipinski definition) is 4. The zero-order chi connectivity index (χ0) is 21.3. The summed E-state index contributed by atoms with van der Waals surface area (Å²) in [6.45, 7) is 0.768. The Bertz CT molecular complexity index is 843. The number of rotatable bonds is 10. The second kappa shape index (κ2) is 10.7. The molecular formula is C23H30N4O3. The van der Waals surface area contributed by atoms with Crippen LogP contribution in [0.2, 0.25) is 0 Å². The van der Waals surface area contributed by atoms with Crippen molar-refractivity contribution < 1.29 is 14.4 Å². The summed E-state index contributed by atoms with van der Waals surface area (Å²) in [5.74, 6) is -0.794. The Balaban J connectivity index is 1.72. The Morgan fingerprint density at radius 1 is 1.23 bits per heavy atom. The summed E-state index contributed by atoms with van der Waals surface area (Å²) in [4.78, 5) is 43.3. The first-order valence-corrected chi connectivity index (χ1v) is 10.6. The predicted molar refractivity (Wildman–Crippen MR) is 113 cm³/mol. The first-order valence-electron chi connectivity index (χ1n) is 10.6. The van der Waals surface area contributed by atoms with Crippen LogP contribution in [-0.4, -0.2) is 45.1 Å². The van der Waals surface area contributed by atoms with Crippen LogP contribution in [-0.2, 0) is 34.4 Å². The number of hydrogen-bond donors (Lipinski definition) is 1. The van der Waals surface area contributed by atoms with E-state index in [4.69, 9.17) is 0 Å². The molecule has 2 aromatic rings. The Hall–Kier alpha value is -2.96. The molecule has 160 valence electrons. The molecule has 1 N–H and O–H groups in total. The van der Waals surface area contributed by atoms with E-state index in [0.29, 0.717) is 24.6 Å². The number of nitrogens with zero attached hydrogens (tertiary/aromatic N) is 3. The van der Waals surface area contributed by atoms with Crippen LogP contribution in [0, 0.1) is 5.92 Å². The second-order valence-corrected chi connectivity index (χ2v) is 8.09. The topological polar surface area (TPSA) is 84.3 Å². The molecule has 0 aliphatic heterocycles. The number of aryl methyl sites for hydroxylation is 1. The number of amides is 2. The minimum Gasteiger partial charge on any atom is -0.349 e. The highest BCUT2D eigenvalue weighted by atomic mass is 16.2. The third kappa shape index (κ3) is 6.02. The molecule has 1 fully saturated rings. The van der Waals surface area contributed by atoms with Gasteiger partial charge in [0.15, 0.2) is 0 Å². The van der Waals surface area contributed by atoms with Crippen molar-refractivity contribution in [3.8, 4) is 0 Å². The van der Waals surface area contributed by atoms with E-state index in [1.54, 1.807) is 17.1 Å². The maximum absolute atomic E-state index is 13.1. The average molecular weight is 411 g/mol. The number of Topliss-reactive ketones (excluding diaryl/α,β-unsaturated/α-hetero) is 1. The molecular weight excluding hydrogens is 380 g/mol. The fourth-order valence-electron chi connectivity index (χ4n) is 4.01. The van der Waals surface area contributed by atoms with Gasteiger partial charge in [-0.05, 0) is 24.3 Å². The van der Waals surface area contributed by atoms with Crippen LogP contribution in [0.3, 0.4) is 0 Å². The monoisotopic (exact) mass is 410 g/mol. The largest absolute Gasteiger partial charge is 0.349 e. The highest BCUT2D eigenvalue weighted by Crippen LogP contribution is 2.22. The van der Waals surface area contributed by atoms with Crippen LogP contribution in [0.1, 0.15) is 43.4 Å². The Morgan fingerprint density at radius 3 is 2.60 bits per heavy atom. The van der Waals surface area contributed by atoms with Gasteiger partial charge in [0.1, 0.15) is 6.04 Å². The van der Waals surface area contributed by atoms with Gasteiger partial charge in [-0.15, -0.1) is 0 Å². The average Bonchev–Trinajstić information content (AvgIpc) is 3.20. The highest BCUT2D eigenvalue weighted by Gasteiger charge is 2.31. The third-order valence-electron chi connectivity index (χ3n) is 5.71. The van der Waals surface area contributed by atoms with E-state index in [9.17, 15) is 14.4 Å². The normalized spacial score (nSPS) is 15.4. The molecule has 1 aromatic heterocycles. The zero-order valence-electron chi connectivity index (χ0n) is 17.5. The fourth-order valence-corrected chi connectivity index (χ4v) is 4.01. The number of nitrogens with one attached hydrogen (secondary N) is 1. The standard InChI is InChI=1S/C23H30N4O3/c1-26-15-20(25-16-26)12-21(27(17-28)14-19-10-6-3-7-11-19)22(29)23(30)24-13-18-8-4-2-5-9-18/h3,6-7,10-11,15-18,21H,2,4-5,8-9,12-14H2,1H3,(H,24,30)/t21-/m0/s1. The van der Waals surface area contributed by atoms with Crippen molar-refractivity contribution in [3.05, 3.63) is 54.1 Å². The number of aromatic nitrogens is 2. The van der Waals surface area contributed by atoms with Crippen LogP contribution < -0.4 is 5.32 Å². The van der Waals surface area contributed by atoms with Gasteiger partial charge in [-0.1, -0.05) is 49.6 Å². The van der Waals surface area contributed by atoms with Crippen LogP contribution in [0.25, 0.3) is 0 Å². The quantitative estimate of drug-likeness (QED) is 0.481. The Labute approximate surface area is 177 Å². The fraction of sp³-hybridized carbons (Fsp3) is 0.478. The van der Waals surface area contributed by atoms with Gasteiger partial charge in [-0.25, -0.2) is 4.98 Å². The lowest BCUT2D eigenvalue weighted by Gasteiger charge is -2.27. The highest BCUT2D eigenvalue weighted by molar-refractivity contribution is 6.38. The first-order chi connectivity index (χ1) is 14.6. The van der Waals surface area contributed by atoms with Gasteiger partial charge in [-0.2, -0.15) is 0 Å². The zero-order valence-corrected chi connectivity index (χ0v) is 17.5. The molecule has 0 unspecified atom stereocenters. The lowest BCUT2D eigenvalue weighted by molar-refractivity contribution is -0.143. The lowest BCUT2D eigenvalue weighted by atomic mass is 9.89. The molecule has 0 spiro atoms. The molecule has 0 radical (unpaired) electrons. The molecule has 0 bridgehead atoms. The van der Waals surface area contributed by atoms with Gasteiger partial charge < -0.3 is 14.8 Å². The summed E-state index contributed by atoms with van der Waals surface area (Å²) in [5, 5.41) is 2.81. The summed E-state index contributed by atoms with van der Waals surface area (Å²) in [6, 6.07) is 8.53. The van der Waals surface area contributed by atoms with E-state index < -0.39 is 17.7 Å². The molecule has 2 amide bonds. The number of ketones is 1. The number of benzene rings is 1. The number of carbonyl (C=O) groups is 3. The van der Waals surface area contributed by atoms with E-state index in [0.717, 1.165) is 18.4 Å². The van der Waals surface area contributed by atoms with Crippen molar-refractivity contribution in [3.63, 3.8) is 0 Å². The summed E-state index contributed by atoms with van der Waals surface area (Å²) in [7, 11) is 1.84. The maximum atomic E-state index is 13.1. The van der Waals surface area contributed by atoms with Gasteiger partial charge in [0, 0.05) is 32.8 Å². The SMILES string of the molecule is Cn1cnc(C[C@@H](C(=O)C(=O)NCC2CCCCC2)N(C=O)Cc2ccccc2)c1. The molecule has 1 atom stereocenters. The van der Waals surface area contributed by atoms with Crippen molar-refractivity contribution in [1.82, 2.24) is 19.8 Å². The molecule has 1 saturated carbocycles. The van der Waals surface area contributed by atoms with Gasteiger partial charge in [-0.3, -0.25) is 14.4 Å². The summed E-state index contributed by atoms with van der Waals surface area (Å²) in [6.07, 6.45) is 10.0. The van der Waals surface area contributed by atoms with Crippen molar-refractivity contribution in [2.75, 3.05) is 6.54 Å². The van der Waals surface area contributed by atoms with Crippen LogP contribution in [0.4, 0.5) is 0 Å². The molecule has 1 aromatic carbocycles. The van der Waals surface area contributed by atoms with E-state index in [2.05, 4.69) is 10.3 Å². The minimum absolute atomic E-state index is 0.197. The van der Waals surface area contributed by atoms with E-state index in [-0.39, 0.29) is 13.0 Å². The predicted octanol–water partition coefficient (Wildman–Crippen LogP) is 2.26. The van der Waals surface area contributed by atoms with E-state index in [1.165, 1.54) is 24.2 Å². The first kappa shape index (κ1) is 21.7. The summed E-state index contributed by atoms with van der Waals surface area (Å²) >= 11 is 0. The molecule has 3 rings (SSSR count). The van der Waals surface area contributed by atoms with E-state index in [1.807, 2.05) is 37.4 Å². The molecule has 1 heterocycles. The molecule has 30 heavy (non-hydrogen) atoms. The second-order valence-electron chi connectivity index (χ2n) is 8.09. The Morgan fingerprint density at radius 2 is 1.97 bits per heavy atom. The molecule has 0 saturated heterocycles. The molecule has 1 aliphatic rings. The van der Waals surface area contributed by atoms with Crippen LogP contribution in [0.5, 0.6) is 0 Å². The summed E-state index contributed by atoms with van der Waals surface area (Å²) in [5.41, 5.74) is 1.56. The van der Waals surface area contributed by atoms with Crippen molar-refractivity contribution in [1.29, 1.82) is 0 Å². The molecule has 7 nitrogen and oxygen atoms in total. The number of imidazole rings is 1. The van der Waals surface area contributed by atoms with Gasteiger partial charge in [0.05, 0.1) is 12.0 Å². The van der Waals surface area contributed by atoms with Gasteiger partial charge in [0.25, 0.3) is 5.91 Å². The van der Waals surface area contributed by atoms with Crippen molar-refractivity contribution in [2.45, 2.75) is 51.1 Å². The third-order valence-corrected chi connectivity index (χ3v) is 5.71. The minimum atomic E-state index is -0.899. The molecule has 1 aliphatic carbocycles.